The third-order valence-electron chi connectivity index (χ3n) is 3.57. The normalized spacial score (nSPS) is 16.4. The van der Waals surface area contributed by atoms with Crippen LogP contribution in [0.15, 0.2) is 24.3 Å². The lowest BCUT2D eigenvalue weighted by atomic mass is 10.3. The average molecular weight is 289 g/mol. The minimum Gasteiger partial charge on any atom is -0.490 e. The van der Waals surface area contributed by atoms with E-state index in [2.05, 4.69) is 15.9 Å². The predicted molar refractivity (Wildman–Crippen MR) is 81.6 cm³/mol. The molecule has 0 saturated carbocycles. The molecule has 0 spiro atoms. The summed E-state index contributed by atoms with van der Waals surface area (Å²) < 4.78 is 11.4. The molecule has 2 rings (SSSR count). The van der Waals surface area contributed by atoms with Gasteiger partial charge in [0.05, 0.1) is 19.2 Å². The number of piperazine rings is 1. The summed E-state index contributed by atoms with van der Waals surface area (Å²) in [7, 11) is 0. The minimum atomic E-state index is 0.534. The molecule has 0 aliphatic carbocycles. The van der Waals surface area contributed by atoms with Crippen molar-refractivity contribution >= 4 is 0 Å². The first-order valence-corrected chi connectivity index (χ1v) is 7.49. The molecule has 21 heavy (non-hydrogen) atoms. The fraction of sp³-hybridized carbons (Fsp3) is 0.562. The monoisotopic (exact) mass is 289 g/mol. The summed E-state index contributed by atoms with van der Waals surface area (Å²) in [5.74, 6) is 1.61. The third-order valence-corrected chi connectivity index (χ3v) is 3.57. The molecule has 114 valence electrons. The van der Waals surface area contributed by atoms with Crippen molar-refractivity contribution < 1.29 is 9.47 Å². The third kappa shape index (κ3) is 4.92. The topological polar surface area (TPSA) is 48.7 Å². The molecule has 1 heterocycles. The number of para-hydroxylation sites is 2. The zero-order chi connectivity index (χ0) is 14.9. The number of ether oxygens (including phenoxy) is 2. The van der Waals surface area contributed by atoms with Gasteiger partial charge in [-0.05, 0) is 19.1 Å². The summed E-state index contributed by atoms with van der Waals surface area (Å²) in [4.78, 5) is 4.55. The highest BCUT2D eigenvalue weighted by molar-refractivity contribution is 5.39. The smallest absolute Gasteiger partial charge is 0.161 e. The Morgan fingerprint density at radius 1 is 1.05 bits per heavy atom. The van der Waals surface area contributed by atoms with Crippen LogP contribution in [0.2, 0.25) is 0 Å². The van der Waals surface area contributed by atoms with E-state index in [1.807, 2.05) is 31.2 Å². The maximum Gasteiger partial charge on any atom is 0.161 e. The van der Waals surface area contributed by atoms with Gasteiger partial charge in [0.2, 0.25) is 0 Å². The van der Waals surface area contributed by atoms with Crippen LogP contribution in [0.1, 0.15) is 6.92 Å². The predicted octanol–water partition coefficient (Wildman–Crippen LogP) is 1.61. The number of hydrogen-bond donors (Lipinski definition) is 0. The van der Waals surface area contributed by atoms with E-state index in [1.54, 1.807) is 0 Å². The lowest BCUT2D eigenvalue weighted by Crippen LogP contribution is -2.47. The Kier molecular flexibility index (Phi) is 6.32. The molecule has 1 saturated heterocycles. The summed E-state index contributed by atoms with van der Waals surface area (Å²) in [6, 6.07) is 9.98. The minimum absolute atomic E-state index is 0.534. The Labute approximate surface area is 126 Å². The van der Waals surface area contributed by atoms with E-state index < -0.39 is 0 Å². The van der Waals surface area contributed by atoms with Gasteiger partial charge in [-0.3, -0.25) is 9.80 Å². The molecule has 1 aromatic carbocycles. The van der Waals surface area contributed by atoms with E-state index in [9.17, 15) is 0 Å². The van der Waals surface area contributed by atoms with Gasteiger partial charge < -0.3 is 9.47 Å². The number of rotatable bonds is 7. The second-order valence-electron chi connectivity index (χ2n) is 5.00. The molecule has 1 aliphatic heterocycles. The van der Waals surface area contributed by atoms with Crippen LogP contribution in [0.4, 0.5) is 0 Å². The lowest BCUT2D eigenvalue weighted by Gasteiger charge is -2.33. The largest absolute Gasteiger partial charge is 0.490 e. The van der Waals surface area contributed by atoms with Crippen LogP contribution < -0.4 is 9.47 Å². The van der Waals surface area contributed by atoms with Gasteiger partial charge in [-0.15, -0.1) is 0 Å². The molecule has 0 unspecified atom stereocenters. The second-order valence-corrected chi connectivity index (χ2v) is 5.00. The summed E-state index contributed by atoms with van der Waals surface area (Å²) in [5, 5.41) is 8.68. The molecule has 0 amide bonds. The Bertz CT molecular complexity index is 465. The highest BCUT2D eigenvalue weighted by Crippen LogP contribution is 2.26. The fourth-order valence-corrected chi connectivity index (χ4v) is 2.40. The van der Waals surface area contributed by atoms with E-state index >= 15 is 0 Å². The van der Waals surface area contributed by atoms with Crippen molar-refractivity contribution in [1.82, 2.24) is 9.80 Å². The molecule has 5 heteroatoms. The Hall–Kier alpha value is -1.77. The molecule has 0 aromatic heterocycles. The van der Waals surface area contributed by atoms with Gasteiger partial charge in [-0.1, -0.05) is 12.1 Å². The fourth-order valence-electron chi connectivity index (χ4n) is 2.40. The molecular formula is C16H23N3O2. The Balaban J connectivity index is 1.72. The van der Waals surface area contributed by atoms with Crippen LogP contribution in [-0.2, 0) is 0 Å². The first kappa shape index (κ1) is 15.6. The van der Waals surface area contributed by atoms with Crippen molar-refractivity contribution in [3.63, 3.8) is 0 Å². The summed E-state index contributed by atoms with van der Waals surface area (Å²) in [6.07, 6.45) is 0. The molecule has 0 bridgehead atoms. The number of benzene rings is 1. The number of nitrogens with zero attached hydrogens (tertiary/aromatic N) is 3. The molecule has 1 fully saturated rings. The molecule has 0 N–H and O–H groups in total. The van der Waals surface area contributed by atoms with Crippen LogP contribution in [0, 0.1) is 11.3 Å². The molecule has 5 nitrogen and oxygen atoms in total. The number of hydrogen-bond acceptors (Lipinski definition) is 5. The van der Waals surface area contributed by atoms with Crippen molar-refractivity contribution in [3.8, 4) is 17.6 Å². The summed E-state index contributed by atoms with van der Waals surface area (Å²) >= 11 is 0. The average Bonchev–Trinajstić information content (AvgIpc) is 2.51. The standard InChI is InChI=1S/C16H23N3O2/c1-2-20-15-5-3-4-6-16(15)21-14-13-19-11-9-18(8-7-17)10-12-19/h3-6H,2,8-14H2,1H3. The lowest BCUT2D eigenvalue weighted by molar-refractivity contribution is 0.125. The Morgan fingerprint density at radius 2 is 1.67 bits per heavy atom. The Morgan fingerprint density at radius 3 is 2.29 bits per heavy atom. The van der Waals surface area contributed by atoms with Crippen LogP contribution in [0.3, 0.4) is 0 Å². The highest BCUT2D eigenvalue weighted by atomic mass is 16.5. The quantitative estimate of drug-likeness (QED) is 0.714. The number of nitriles is 1. The van der Waals surface area contributed by atoms with E-state index in [0.29, 0.717) is 19.8 Å². The van der Waals surface area contributed by atoms with Gasteiger partial charge >= 0.3 is 0 Å². The van der Waals surface area contributed by atoms with Gasteiger partial charge in [0, 0.05) is 32.7 Å². The molecular weight excluding hydrogens is 266 g/mol. The van der Waals surface area contributed by atoms with Crippen molar-refractivity contribution in [2.24, 2.45) is 0 Å². The zero-order valence-electron chi connectivity index (χ0n) is 12.6. The van der Waals surface area contributed by atoms with E-state index in [4.69, 9.17) is 14.7 Å². The van der Waals surface area contributed by atoms with Gasteiger partial charge in [-0.25, -0.2) is 0 Å². The van der Waals surface area contributed by atoms with Gasteiger partial charge in [0.25, 0.3) is 0 Å². The van der Waals surface area contributed by atoms with Crippen LogP contribution in [0.25, 0.3) is 0 Å². The van der Waals surface area contributed by atoms with Crippen LogP contribution in [0.5, 0.6) is 11.5 Å². The maximum atomic E-state index is 8.68. The maximum absolute atomic E-state index is 8.68. The highest BCUT2D eigenvalue weighted by Gasteiger charge is 2.16. The van der Waals surface area contributed by atoms with Crippen molar-refractivity contribution in [2.75, 3.05) is 52.5 Å². The van der Waals surface area contributed by atoms with Gasteiger partial charge in [0.1, 0.15) is 6.61 Å². The van der Waals surface area contributed by atoms with Crippen molar-refractivity contribution in [1.29, 1.82) is 5.26 Å². The molecule has 0 radical (unpaired) electrons. The van der Waals surface area contributed by atoms with E-state index in [-0.39, 0.29) is 0 Å². The first-order chi connectivity index (χ1) is 10.3. The SMILES string of the molecule is CCOc1ccccc1OCCN1CCN(CC#N)CC1. The van der Waals surface area contributed by atoms with E-state index in [1.165, 1.54) is 0 Å². The van der Waals surface area contributed by atoms with E-state index in [0.717, 1.165) is 44.2 Å². The van der Waals surface area contributed by atoms with Gasteiger partial charge in [-0.2, -0.15) is 5.26 Å². The molecule has 0 atom stereocenters. The summed E-state index contributed by atoms with van der Waals surface area (Å²) in [5.41, 5.74) is 0. The first-order valence-electron chi connectivity index (χ1n) is 7.49. The molecule has 1 aliphatic rings. The van der Waals surface area contributed by atoms with Gasteiger partial charge in [0.15, 0.2) is 11.5 Å². The van der Waals surface area contributed by atoms with Crippen molar-refractivity contribution in [2.45, 2.75) is 6.92 Å². The zero-order valence-corrected chi connectivity index (χ0v) is 12.6. The van der Waals surface area contributed by atoms with Crippen LogP contribution >= 0.6 is 0 Å². The summed E-state index contributed by atoms with van der Waals surface area (Å²) in [6.45, 7) is 8.62. The van der Waals surface area contributed by atoms with Crippen LogP contribution in [-0.4, -0.2) is 62.3 Å². The van der Waals surface area contributed by atoms with Crippen molar-refractivity contribution in [3.05, 3.63) is 24.3 Å². The molecule has 1 aromatic rings. The second kappa shape index (κ2) is 8.50.